The van der Waals surface area contributed by atoms with Crippen LogP contribution in [0.5, 0.6) is 0 Å². The summed E-state index contributed by atoms with van der Waals surface area (Å²) in [4.78, 5) is 11.4. The second-order valence-electron chi connectivity index (χ2n) is 4.28. The lowest BCUT2D eigenvalue weighted by Crippen LogP contribution is -2.14. The van der Waals surface area contributed by atoms with Crippen LogP contribution in [0.15, 0.2) is 53.0 Å². The van der Waals surface area contributed by atoms with Crippen LogP contribution in [-0.2, 0) is 11.2 Å². The van der Waals surface area contributed by atoms with E-state index >= 15 is 0 Å². The van der Waals surface area contributed by atoms with Crippen molar-refractivity contribution < 1.29 is 14.3 Å². The highest BCUT2D eigenvalue weighted by Gasteiger charge is 2.20. The zero-order valence-electron chi connectivity index (χ0n) is 10.0. The molecule has 0 heterocycles. The van der Waals surface area contributed by atoms with Gasteiger partial charge in [-0.15, -0.1) is 0 Å². The molecule has 19 heavy (non-hydrogen) atoms. The van der Waals surface area contributed by atoms with E-state index in [9.17, 15) is 14.3 Å². The van der Waals surface area contributed by atoms with Gasteiger partial charge < -0.3 is 5.11 Å². The molecule has 0 aromatic heterocycles. The molecule has 2 aromatic rings. The molecule has 1 atom stereocenters. The average molecular weight is 323 g/mol. The second kappa shape index (κ2) is 5.97. The maximum absolute atomic E-state index is 13.1. The molecule has 0 aliphatic heterocycles. The van der Waals surface area contributed by atoms with Gasteiger partial charge in [0.2, 0.25) is 0 Å². The second-order valence-corrected chi connectivity index (χ2v) is 5.20. The van der Waals surface area contributed by atoms with Crippen LogP contribution in [0, 0.1) is 5.82 Å². The molecule has 0 aliphatic rings. The van der Waals surface area contributed by atoms with Crippen LogP contribution in [0.2, 0.25) is 0 Å². The molecule has 1 unspecified atom stereocenters. The van der Waals surface area contributed by atoms with Gasteiger partial charge >= 0.3 is 5.97 Å². The quantitative estimate of drug-likeness (QED) is 0.923. The number of hydrogen-bond donors (Lipinski definition) is 1. The van der Waals surface area contributed by atoms with E-state index in [1.165, 1.54) is 12.1 Å². The first kappa shape index (κ1) is 13.7. The molecular formula is C15H12BrFO2. The van der Waals surface area contributed by atoms with E-state index in [1.54, 1.807) is 30.3 Å². The largest absolute Gasteiger partial charge is 0.481 e. The third-order valence-electron chi connectivity index (χ3n) is 2.88. The summed E-state index contributed by atoms with van der Waals surface area (Å²) >= 11 is 3.32. The van der Waals surface area contributed by atoms with Crippen LogP contribution in [0.4, 0.5) is 4.39 Å². The summed E-state index contributed by atoms with van der Waals surface area (Å²) in [6.07, 6.45) is 0.267. The molecule has 0 saturated heterocycles. The fourth-order valence-electron chi connectivity index (χ4n) is 1.97. The van der Waals surface area contributed by atoms with Crippen LogP contribution in [0.25, 0.3) is 0 Å². The van der Waals surface area contributed by atoms with Crippen molar-refractivity contribution in [3.63, 3.8) is 0 Å². The third kappa shape index (κ3) is 3.64. The molecule has 2 nitrogen and oxygen atoms in total. The average Bonchev–Trinajstić information content (AvgIpc) is 2.35. The highest BCUT2D eigenvalue weighted by atomic mass is 79.9. The number of rotatable bonds is 4. The summed E-state index contributed by atoms with van der Waals surface area (Å²) in [5.41, 5.74) is 1.37. The Morgan fingerprint density at radius 1 is 1.21 bits per heavy atom. The van der Waals surface area contributed by atoms with Gasteiger partial charge in [-0.3, -0.25) is 4.79 Å². The Morgan fingerprint density at radius 2 is 1.95 bits per heavy atom. The third-order valence-corrected chi connectivity index (χ3v) is 3.37. The topological polar surface area (TPSA) is 37.3 Å². The molecule has 1 N–H and O–H groups in total. The van der Waals surface area contributed by atoms with Crippen molar-refractivity contribution in [2.75, 3.05) is 0 Å². The minimum Gasteiger partial charge on any atom is -0.481 e. The van der Waals surface area contributed by atoms with E-state index in [2.05, 4.69) is 15.9 Å². The highest BCUT2D eigenvalue weighted by Crippen LogP contribution is 2.24. The minimum absolute atomic E-state index is 0.267. The number of carboxylic acid groups (broad SMARTS) is 1. The number of hydrogen-bond acceptors (Lipinski definition) is 1. The molecule has 0 spiro atoms. The number of carboxylic acids is 1. The van der Waals surface area contributed by atoms with Crippen LogP contribution >= 0.6 is 15.9 Å². The molecule has 0 saturated carbocycles. The van der Waals surface area contributed by atoms with Crippen molar-refractivity contribution in [3.8, 4) is 0 Å². The highest BCUT2D eigenvalue weighted by molar-refractivity contribution is 9.10. The molecule has 4 heteroatoms. The zero-order chi connectivity index (χ0) is 13.8. The predicted molar refractivity (Wildman–Crippen MR) is 74.6 cm³/mol. The standard InChI is InChI=1S/C15H12BrFO2/c16-12-5-2-4-11(9-12)14(15(18)19)8-10-3-1-6-13(17)7-10/h1-7,9,14H,8H2,(H,18,19). The van der Waals surface area contributed by atoms with E-state index in [-0.39, 0.29) is 12.2 Å². The van der Waals surface area contributed by atoms with E-state index in [0.717, 1.165) is 4.47 Å². The number of carbonyl (C=O) groups is 1. The van der Waals surface area contributed by atoms with Gasteiger partial charge in [-0.2, -0.15) is 0 Å². The lowest BCUT2D eigenvalue weighted by atomic mass is 9.92. The van der Waals surface area contributed by atoms with Crippen LogP contribution in [-0.4, -0.2) is 11.1 Å². The normalized spacial score (nSPS) is 12.1. The van der Waals surface area contributed by atoms with Crippen molar-refractivity contribution >= 4 is 21.9 Å². The first-order valence-corrected chi connectivity index (χ1v) is 6.58. The summed E-state index contributed by atoms with van der Waals surface area (Å²) in [5.74, 6) is -1.95. The first-order chi connectivity index (χ1) is 9.06. The molecule has 0 amide bonds. The molecule has 2 aromatic carbocycles. The molecule has 0 bridgehead atoms. The molecule has 2 rings (SSSR count). The molecule has 0 fully saturated rings. The van der Waals surface area contributed by atoms with Gasteiger partial charge in [-0.25, -0.2) is 4.39 Å². The van der Waals surface area contributed by atoms with Gasteiger partial charge in [-0.05, 0) is 41.8 Å². The van der Waals surface area contributed by atoms with Crippen LogP contribution in [0.3, 0.4) is 0 Å². The first-order valence-electron chi connectivity index (χ1n) is 5.79. The number of benzene rings is 2. The van der Waals surface area contributed by atoms with E-state index in [1.807, 2.05) is 6.07 Å². The van der Waals surface area contributed by atoms with Gasteiger partial charge in [0.25, 0.3) is 0 Å². The minimum atomic E-state index is -0.914. The Labute approximate surface area is 119 Å². The van der Waals surface area contributed by atoms with E-state index < -0.39 is 11.9 Å². The van der Waals surface area contributed by atoms with Gasteiger partial charge in [0.05, 0.1) is 5.92 Å². The Balaban J connectivity index is 2.29. The number of aliphatic carboxylic acids is 1. The van der Waals surface area contributed by atoms with Crippen molar-refractivity contribution in [3.05, 3.63) is 69.9 Å². The molecule has 0 aliphatic carbocycles. The Bertz CT molecular complexity index is 598. The fraction of sp³-hybridized carbons (Fsp3) is 0.133. The number of halogens is 2. The Kier molecular flexibility index (Phi) is 4.32. The lowest BCUT2D eigenvalue weighted by Gasteiger charge is -2.13. The van der Waals surface area contributed by atoms with Crippen molar-refractivity contribution in [1.29, 1.82) is 0 Å². The van der Waals surface area contributed by atoms with Gasteiger partial charge in [0.15, 0.2) is 0 Å². The Hall–Kier alpha value is -1.68. The maximum Gasteiger partial charge on any atom is 0.311 e. The van der Waals surface area contributed by atoms with Gasteiger partial charge in [0, 0.05) is 4.47 Å². The maximum atomic E-state index is 13.1. The van der Waals surface area contributed by atoms with E-state index in [4.69, 9.17) is 0 Å². The van der Waals surface area contributed by atoms with Crippen LogP contribution < -0.4 is 0 Å². The van der Waals surface area contributed by atoms with Crippen molar-refractivity contribution in [1.82, 2.24) is 0 Å². The summed E-state index contributed by atoms with van der Waals surface area (Å²) in [6, 6.07) is 13.2. The smallest absolute Gasteiger partial charge is 0.311 e. The summed E-state index contributed by atoms with van der Waals surface area (Å²) in [6.45, 7) is 0. The zero-order valence-corrected chi connectivity index (χ0v) is 11.6. The summed E-state index contributed by atoms with van der Waals surface area (Å²) < 4.78 is 14.0. The van der Waals surface area contributed by atoms with Crippen LogP contribution in [0.1, 0.15) is 17.0 Å². The summed E-state index contributed by atoms with van der Waals surface area (Å²) in [5, 5.41) is 9.34. The summed E-state index contributed by atoms with van der Waals surface area (Å²) in [7, 11) is 0. The van der Waals surface area contributed by atoms with E-state index in [0.29, 0.717) is 11.1 Å². The lowest BCUT2D eigenvalue weighted by molar-refractivity contribution is -0.138. The van der Waals surface area contributed by atoms with Gasteiger partial charge in [0.1, 0.15) is 5.82 Å². The Morgan fingerprint density at radius 3 is 2.58 bits per heavy atom. The van der Waals surface area contributed by atoms with Crippen molar-refractivity contribution in [2.45, 2.75) is 12.3 Å². The predicted octanol–water partition coefficient (Wildman–Crippen LogP) is 4.00. The fourth-order valence-corrected chi connectivity index (χ4v) is 2.39. The SMILES string of the molecule is O=C(O)C(Cc1cccc(F)c1)c1cccc(Br)c1. The monoisotopic (exact) mass is 322 g/mol. The molecular weight excluding hydrogens is 311 g/mol. The van der Waals surface area contributed by atoms with Crippen molar-refractivity contribution in [2.24, 2.45) is 0 Å². The molecule has 0 radical (unpaired) electrons. The molecule has 98 valence electrons. The van der Waals surface area contributed by atoms with Gasteiger partial charge in [-0.1, -0.05) is 40.2 Å².